The van der Waals surface area contributed by atoms with Crippen LogP contribution in [-0.4, -0.2) is 35.0 Å². The van der Waals surface area contributed by atoms with Gasteiger partial charge >= 0.3 is 5.97 Å². The van der Waals surface area contributed by atoms with Crippen LogP contribution in [0.4, 0.5) is 0 Å². The molecule has 0 saturated carbocycles. The first-order valence-electron chi connectivity index (χ1n) is 8.28. The van der Waals surface area contributed by atoms with Crippen molar-refractivity contribution in [3.63, 3.8) is 0 Å². The molecule has 1 aromatic carbocycles. The molecule has 0 bridgehead atoms. The predicted molar refractivity (Wildman–Crippen MR) is 96.3 cm³/mol. The highest BCUT2D eigenvalue weighted by atomic mass is 16.4. The average molecular weight is 346 g/mol. The number of carboxylic acids is 1. The summed E-state index contributed by atoms with van der Waals surface area (Å²) in [7, 11) is 0. The van der Waals surface area contributed by atoms with Crippen molar-refractivity contribution in [2.75, 3.05) is 0 Å². The first kappa shape index (κ1) is 20.4. The van der Waals surface area contributed by atoms with Gasteiger partial charge in [-0.05, 0) is 38.3 Å². The van der Waals surface area contributed by atoms with Gasteiger partial charge in [0, 0.05) is 5.56 Å². The Kier molecular flexibility index (Phi) is 7.85. The van der Waals surface area contributed by atoms with E-state index in [-0.39, 0.29) is 18.2 Å². The molecule has 136 valence electrons. The van der Waals surface area contributed by atoms with E-state index in [1.165, 1.54) is 0 Å². The summed E-state index contributed by atoms with van der Waals surface area (Å²) in [5, 5.41) is 14.4. The summed E-state index contributed by atoms with van der Waals surface area (Å²) in [6.45, 7) is 7.28. The number of benzene rings is 1. The Morgan fingerprint density at radius 3 is 2.20 bits per heavy atom. The molecular weight excluding hydrogens is 320 g/mol. The van der Waals surface area contributed by atoms with Crippen LogP contribution in [-0.2, 0) is 9.59 Å². The van der Waals surface area contributed by atoms with Crippen molar-refractivity contribution in [3.05, 3.63) is 47.5 Å². The Bertz CT molecular complexity index is 635. The number of carboxylic acid groups (broad SMARTS) is 1. The monoisotopic (exact) mass is 346 g/mol. The van der Waals surface area contributed by atoms with E-state index >= 15 is 0 Å². The SMILES string of the molecule is C/C=C/CC(NC(=O)C(NC(=O)c1ccc(C)cc1)C(C)C)C(=O)O. The normalized spacial score (nSPS) is 13.5. The lowest BCUT2D eigenvalue weighted by Gasteiger charge is -2.23. The molecule has 1 aromatic rings. The second-order valence-corrected chi connectivity index (χ2v) is 6.27. The van der Waals surface area contributed by atoms with Crippen LogP contribution < -0.4 is 10.6 Å². The van der Waals surface area contributed by atoms with E-state index in [9.17, 15) is 19.5 Å². The molecule has 0 aliphatic heterocycles. The molecule has 0 saturated heterocycles. The summed E-state index contributed by atoms with van der Waals surface area (Å²) in [5.41, 5.74) is 1.48. The Hall–Kier alpha value is -2.63. The maximum atomic E-state index is 12.5. The van der Waals surface area contributed by atoms with Crippen LogP contribution in [0.1, 0.15) is 43.1 Å². The lowest BCUT2D eigenvalue weighted by atomic mass is 10.0. The molecule has 0 aliphatic carbocycles. The number of aryl methyl sites for hydroxylation is 1. The third-order valence-electron chi connectivity index (χ3n) is 3.77. The van der Waals surface area contributed by atoms with Crippen molar-refractivity contribution in [1.29, 1.82) is 0 Å². The van der Waals surface area contributed by atoms with Crippen LogP contribution in [0.5, 0.6) is 0 Å². The fourth-order valence-corrected chi connectivity index (χ4v) is 2.22. The third-order valence-corrected chi connectivity index (χ3v) is 3.77. The van der Waals surface area contributed by atoms with Gasteiger partial charge in [-0.1, -0.05) is 43.7 Å². The van der Waals surface area contributed by atoms with Gasteiger partial charge in [-0.2, -0.15) is 0 Å². The van der Waals surface area contributed by atoms with Gasteiger partial charge < -0.3 is 15.7 Å². The largest absolute Gasteiger partial charge is 0.480 e. The van der Waals surface area contributed by atoms with Crippen molar-refractivity contribution >= 4 is 17.8 Å². The molecule has 0 heterocycles. The summed E-state index contributed by atoms with van der Waals surface area (Å²) in [6.07, 6.45) is 3.59. The van der Waals surface area contributed by atoms with Crippen LogP contribution in [0.15, 0.2) is 36.4 Å². The van der Waals surface area contributed by atoms with Gasteiger partial charge in [0.2, 0.25) is 5.91 Å². The number of rotatable bonds is 8. The highest BCUT2D eigenvalue weighted by molar-refractivity contribution is 5.98. The lowest BCUT2D eigenvalue weighted by Crippen LogP contribution is -2.53. The summed E-state index contributed by atoms with van der Waals surface area (Å²) < 4.78 is 0. The quantitative estimate of drug-likeness (QED) is 0.629. The van der Waals surface area contributed by atoms with Gasteiger partial charge in [0.15, 0.2) is 0 Å². The van der Waals surface area contributed by atoms with Crippen LogP contribution in [0.2, 0.25) is 0 Å². The number of aliphatic carboxylic acids is 1. The van der Waals surface area contributed by atoms with Crippen molar-refractivity contribution in [1.82, 2.24) is 10.6 Å². The van der Waals surface area contributed by atoms with Gasteiger partial charge in [-0.3, -0.25) is 9.59 Å². The van der Waals surface area contributed by atoms with Crippen molar-refractivity contribution in [2.24, 2.45) is 5.92 Å². The third kappa shape index (κ3) is 6.41. The maximum absolute atomic E-state index is 12.5. The minimum absolute atomic E-state index is 0.189. The highest BCUT2D eigenvalue weighted by Gasteiger charge is 2.28. The van der Waals surface area contributed by atoms with Gasteiger partial charge in [0.1, 0.15) is 12.1 Å². The molecule has 2 amide bonds. The molecule has 2 unspecified atom stereocenters. The topological polar surface area (TPSA) is 95.5 Å². The van der Waals surface area contributed by atoms with Gasteiger partial charge in [0.25, 0.3) is 5.91 Å². The Morgan fingerprint density at radius 2 is 1.72 bits per heavy atom. The number of allylic oxidation sites excluding steroid dienone is 1. The second kappa shape index (κ2) is 9.61. The summed E-state index contributed by atoms with van der Waals surface area (Å²) in [4.78, 5) is 36.1. The molecule has 0 spiro atoms. The molecule has 0 aliphatic rings. The standard InChI is InChI=1S/C19H26N2O4/c1-5-6-7-15(19(24)25)20-18(23)16(12(2)3)21-17(22)14-10-8-13(4)9-11-14/h5-6,8-12,15-16H,7H2,1-4H3,(H,20,23)(H,21,22)(H,24,25)/b6-5+. The number of nitrogens with one attached hydrogen (secondary N) is 2. The molecule has 1 rings (SSSR count). The molecular formula is C19H26N2O4. The summed E-state index contributed by atoms with van der Waals surface area (Å²) in [6, 6.07) is 5.16. The molecule has 3 N–H and O–H groups in total. The Labute approximate surface area is 148 Å². The first-order valence-corrected chi connectivity index (χ1v) is 8.28. The Morgan fingerprint density at radius 1 is 1.12 bits per heavy atom. The van der Waals surface area contributed by atoms with E-state index in [0.29, 0.717) is 5.56 Å². The minimum Gasteiger partial charge on any atom is -0.480 e. The number of hydrogen-bond acceptors (Lipinski definition) is 3. The zero-order chi connectivity index (χ0) is 19.0. The first-order chi connectivity index (χ1) is 11.8. The highest BCUT2D eigenvalue weighted by Crippen LogP contribution is 2.08. The molecule has 6 nitrogen and oxygen atoms in total. The summed E-state index contributed by atoms with van der Waals surface area (Å²) in [5.74, 6) is -2.18. The van der Waals surface area contributed by atoms with E-state index in [0.717, 1.165) is 5.56 Å². The number of amides is 2. The van der Waals surface area contributed by atoms with Gasteiger partial charge in [-0.15, -0.1) is 0 Å². The van der Waals surface area contributed by atoms with Crippen molar-refractivity contribution in [3.8, 4) is 0 Å². The molecule has 0 fully saturated rings. The average Bonchev–Trinajstić information content (AvgIpc) is 2.56. The van der Waals surface area contributed by atoms with E-state index in [1.807, 2.05) is 19.1 Å². The maximum Gasteiger partial charge on any atom is 0.326 e. The molecule has 0 radical (unpaired) electrons. The van der Waals surface area contributed by atoms with Crippen LogP contribution in [0.3, 0.4) is 0 Å². The van der Waals surface area contributed by atoms with Gasteiger partial charge in [-0.25, -0.2) is 4.79 Å². The van der Waals surface area contributed by atoms with Crippen LogP contribution in [0.25, 0.3) is 0 Å². The zero-order valence-electron chi connectivity index (χ0n) is 15.1. The number of carbonyl (C=O) groups is 3. The molecule has 6 heteroatoms. The molecule has 0 aromatic heterocycles. The Balaban J connectivity index is 2.83. The fraction of sp³-hybridized carbons (Fsp3) is 0.421. The fourth-order valence-electron chi connectivity index (χ4n) is 2.22. The molecule has 2 atom stereocenters. The number of hydrogen-bond donors (Lipinski definition) is 3. The van der Waals surface area contributed by atoms with Crippen molar-refractivity contribution < 1.29 is 19.5 Å². The summed E-state index contributed by atoms with van der Waals surface area (Å²) >= 11 is 0. The minimum atomic E-state index is -1.11. The molecule has 25 heavy (non-hydrogen) atoms. The van der Waals surface area contributed by atoms with Crippen LogP contribution >= 0.6 is 0 Å². The van der Waals surface area contributed by atoms with E-state index in [2.05, 4.69) is 10.6 Å². The lowest BCUT2D eigenvalue weighted by molar-refractivity contribution is -0.142. The zero-order valence-corrected chi connectivity index (χ0v) is 15.1. The van der Waals surface area contributed by atoms with E-state index in [4.69, 9.17) is 0 Å². The van der Waals surface area contributed by atoms with Gasteiger partial charge in [0.05, 0.1) is 0 Å². The van der Waals surface area contributed by atoms with Crippen molar-refractivity contribution in [2.45, 2.75) is 46.2 Å². The number of carbonyl (C=O) groups excluding carboxylic acids is 2. The smallest absolute Gasteiger partial charge is 0.326 e. The van der Waals surface area contributed by atoms with E-state index in [1.54, 1.807) is 45.1 Å². The predicted octanol–water partition coefficient (Wildman–Crippen LogP) is 2.29. The van der Waals surface area contributed by atoms with Crippen LogP contribution in [0, 0.1) is 12.8 Å². The van der Waals surface area contributed by atoms with E-state index < -0.39 is 24.0 Å². The second-order valence-electron chi connectivity index (χ2n) is 6.27.